The predicted molar refractivity (Wildman–Crippen MR) is 56.0 cm³/mol. The van der Waals surface area contributed by atoms with Crippen LogP contribution in [0, 0.1) is 5.82 Å². The molecule has 0 amide bonds. The van der Waals surface area contributed by atoms with Crippen LogP contribution in [0.25, 0.3) is 0 Å². The third-order valence-corrected chi connectivity index (χ3v) is 2.14. The van der Waals surface area contributed by atoms with Crippen LogP contribution in [0.1, 0.15) is 17.9 Å². The van der Waals surface area contributed by atoms with E-state index in [0.29, 0.717) is 12.0 Å². The summed E-state index contributed by atoms with van der Waals surface area (Å²) >= 11 is 0. The highest BCUT2D eigenvalue weighted by atomic mass is 19.1. The van der Waals surface area contributed by atoms with Gasteiger partial charge in [-0.05, 0) is 24.1 Å². The van der Waals surface area contributed by atoms with Crippen LogP contribution in [0.3, 0.4) is 0 Å². The number of ether oxygens (including phenoxy) is 1. The molecule has 1 aromatic rings. The topological polar surface area (TPSA) is 26.3 Å². The number of esters is 1. The number of rotatable bonds is 4. The Bertz CT molecular complexity index is 360. The minimum absolute atomic E-state index is 0.356. The molecule has 0 aliphatic carbocycles. The van der Waals surface area contributed by atoms with Crippen molar-refractivity contribution in [2.75, 3.05) is 7.11 Å². The summed E-state index contributed by atoms with van der Waals surface area (Å²) in [6.07, 6.45) is 2.06. The van der Waals surface area contributed by atoms with Crippen LogP contribution in [0.2, 0.25) is 0 Å². The van der Waals surface area contributed by atoms with E-state index in [1.54, 1.807) is 18.2 Å². The van der Waals surface area contributed by atoms with Crippen molar-refractivity contribution < 1.29 is 13.9 Å². The van der Waals surface area contributed by atoms with Crippen LogP contribution in [0.5, 0.6) is 0 Å². The molecule has 0 aromatic heterocycles. The van der Waals surface area contributed by atoms with E-state index in [1.807, 2.05) is 0 Å². The molecule has 80 valence electrons. The fourth-order valence-electron chi connectivity index (χ4n) is 1.40. The normalized spacial score (nSPS) is 11.9. The molecule has 1 atom stereocenters. The quantitative estimate of drug-likeness (QED) is 0.561. The lowest BCUT2D eigenvalue weighted by Gasteiger charge is -2.12. The first-order chi connectivity index (χ1) is 7.19. The third kappa shape index (κ3) is 2.91. The molecule has 1 unspecified atom stereocenters. The van der Waals surface area contributed by atoms with Gasteiger partial charge in [0, 0.05) is 0 Å². The summed E-state index contributed by atoms with van der Waals surface area (Å²) in [5.41, 5.74) is 0.613. The van der Waals surface area contributed by atoms with Crippen LogP contribution in [-0.2, 0) is 9.53 Å². The van der Waals surface area contributed by atoms with Crippen LogP contribution < -0.4 is 0 Å². The monoisotopic (exact) mass is 208 g/mol. The Morgan fingerprint density at radius 2 is 2.40 bits per heavy atom. The third-order valence-electron chi connectivity index (χ3n) is 2.14. The zero-order valence-electron chi connectivity index (χ0n) is 8.57. The molecule has 0 saturated carbocycles. The van der Waals surface area contributed by atoms with Crippen molar-refractivity contribution in [3.63, 3.8) is 0 Å². The summed E-state index contributed by atoms with van der Waals surface area (Å²) in [6, 6.07) is 5.95. The maximum Gasteiger partial charge on any atom is 0.313 e. The molecule has 15 heavy (non-hydrogen) atoms. The molecule has 0 aliphatic rings. The Morgan fingerprint density at radius 3 is 2.93 bits per heavy atom. The fraction of sp³-hybridized carbons (Fsp3) is 0.250. The molecule has 0 heterocycles. The van der Waals surface area contributed by atoms with E-state index in [1.165, 1.54) is 19.2 Å². The zero-order valence-corrected chi connectivity index (χ0v) is 8.57. The van der Waals surface area contributed by atoms with Crippen molar-refractivity contribution in [3.8, 4) is 0 Å². The number of carbonyl (C=O) groups is 1. The highest BCUT2D eigenvalue weighted by Crippen LogP contribution is 2.22. The number of halogens is 1. The van der Waals surface area contributed by atoms with Gasteiger partial charge in [0.25, 0.3) is 0 Å². The van der Waals surface area contributed by atoms with Gasteiger partial charge in [0.05, 0.1) is 13.0 Å². The van der Waals surface area contributed by atoms with Gasteiger partial charge >= 0.3 is 5.97 Å². The van der Waals surface area contributed by atoms with Gasteiger partial charge < -0.3 is 4.74 Å². The number of hydrogen-bond donors (Lipinski definition) is 0. The SMILES string of the molecule is C=CCC(C(=O)OC)c1cccc(F)c1. The van der Waals surface area contributed by atoms with E-state index < -0.39 is 5.92 Å². The minimum Gasteiger partial charge on any atom is -0.469 e. The summed E-state index contributed by atoms with van der Waals surface area (Å²) < 4.78 is 17.6. The predicted octanol–water partition coefficient (Wildman–Crippen LogP) is 2.66. The maximum atomic E-state index is 13.0. The largest absolute Gasteiger partial charge is 0.469 e. The lowest BCUT2D eigenvalue weighted by Crippen LogP contribution is -2.13. The minimum atomic E-state index is -0.469. The van der Waals surface area contributed by atoms with Crippen molar-refractivity contribution in [2.45, 2.75) is 12.3 Å². The molecule has 2 nitrogen and oxygen atoms in total. The smallest absolute Gasteiger partial charge is 0.313 e. The Labute approximate surface area is 88.4 Å². The van der Waals surface area contributed by atoms with Gasteiger partial charge in [-0.1, -0.05) is 18.2 Å². The van der Waals surface area contributed by atoms with Gasteiger partial charge in [-0.15, -0.1) is 6.58 Å². The van der Waals surface area contributed by atoms with E-state index >= 15 is 0 Å². The zero-order chi connectivity index (χ0) is 11.3. The average molecular weight is 208 g/mol. The van der Waals surface area contributed by atoms with E-state index in [4.69, 9.17) is 0 Å². The molecule has 0 fully saturated rings. The van der Waals surface area contributed by atoms with Gasteiger partial charge in [0.15, 0.2) is 0 Å². The van der Waals surface area contributed by atoms with Crippen LogP contribution in [-0.4, -0.2) is 13.1 Å². The highest BCUT2D eigenvalue weighted by molar-refractivity contribution is 5.78. The molecule has 0 radical (unpaired) electrons. The first-order valence-corrected chi connectivity index (χ1v) is 4.63. The summed E-state index contributed by atoms with van der Waals surface area (Å²) in [4.78, 5) is 11.4. The molecule has 1 aromatic carbocycles. The van der Waals surface area contributed by atoms with E-state index in [9.17, 15) is 9.18 Å². The fourth-order valence-corrected chi connectivity index (χ4v) is 1.40. The second kappa shape index (κ2) is 5.29. The molecule has 0 aliphatic heterocycles. The summed E-state index contributed by atoms with van der Waals surface area (Å²) in [5, 5.41) is 0. The van der Waals surface area contributed by atoms with Gasteiger partial charge in [-0.25, -0.2) is 4.39 Å². The number of hydrogen-bond acceptors (Lipinski definition) is 2. The number of benzene rings is 1. The van der Waals surface area contributed by atoms with E-state index in [2.05, 4.69) is 11.3 Å². The van der Waals surface area contributed by atoms with Gasteiger partial charge in [-0.2, -0.15) is 0 Å². The average Bonchev–Trinajstić information content (AvgIpc) is 2.25. The lowest BCUT2D eigenvalue weighted by atomic mass is 9.96. The Hall–Kier alpha value is -1.64. The summed E-state index contributed by atoms with van der Waals surface area (Å²) in [5.74, 6) is -1.20. The summed E-state index contributed by atoms with van der Waals surface area (Å²) in [6.45, 7) is 3.56. The molecule has 0 N–H and O–H groups in total. The van der Waals surface area contributed by atoms with Crippen molar-refractivity contribution in [2.24, 2.45) is 0 Å². The maximum absolute atomic E-state index is 13.0. The summed E-state index contributed by atoms with van der Waals surface area (Å²) in [7, 11) is 1.32. The Morgan fingerprint density at radius 1 is 1.67 bits per heavy atom. The standard InChI is InChI=1S/C12H13FO2/c1-3-5-11(12(14)15-2)9-6-4-7-10(13)8-9/h3-4,6-8,11H,1,5H2,2H3. The van der Waals surface area contributed by atoms with Gasteiger partial charge in [0.1, 0.15) is 5.82 Å². The van der Waals surface area contributed by atoms with Gasteiger partial charge in [-0.3, -0.25) is 4.79 Å². The van der Waals surface area contributed by atoms with E-state index in [0.717, 1.165) is 0 Å². The van der Waals surface area contributed by atoms with Crippen LogP contribution in [0.4, 0.5) is 4.39 Å². The molecule has 3 heteroatoms. The Balaban J connectivity index is 2.98. The first kappa shape index (κ1) is 11.4. The molecular formula is C12H13FO2. The van der Waals surface area contributed by atoms with Crippen LogP contribution >= 0.6 is 0 Å². The number of allylic oxidation sites excluding steroid dienone is 1. The molecular weight excluding hydrogens is 195 g/mol. The Kier molecular flexibility index (Phi) is 4.03. The second-order valence-corrected chi connectivity index (χ2v) is 3.16. The van der Waals surface area contributed by atoms with Gasteiger partial charge in [0.2, 0.25) is 0 Å². The lowest BCUT2D eigenvalue weighted by molar-refractivity contribution is -0.142. The number of carbonyl (C=O) groups excluding carboxylic acids is 1. The van der Waals surface area contributed by atoms with Crippen molar-refractivity contribution in [1.82, 2.24) is 0 Å². The number of methoxy groups -OCH3 is 1. The van der Waals surface area contributed by atoms with Crippen molar-refractivity contribution in [1.29, 1.82) is 0 Å². The second-order valence-electron chi connectivity index (χ2n) is 3.16. The highest BCUT2D eigenvalue weighted by Gasteiger charge is 2.19. The van der Waals surface area contributed by atoms with E-state index in [-0.39, 0.29) is 11.8 Å². The molecule has 1 rings (SSSR count). The first-order valence-electron chi connectivity index (χ1n) is 4.63. The molecule has 0 bridgehead atoms. The van der Waals surface area contributed by atoms with Crippen molar-refractivity contribution >= 4 is 5.97 Å². The van der Waals surface area contributed by atoms with Crippen LogP contribution in [0.15, 0.2) is 36.9 Å². The molecule has 0 spiro atoms. The van der Waals surface area contributed by atoms with Crippen molar-refractivity contribution in [3.05, 3.63) is 48.3 Å². The molecule has 0 saturated heterocycles.